The van der Waals surface area contributed by atoms with Gasteiger partial charge in [-0.3, -0.25) is 4.79 Å². The van der Waals surface area contributed by atoms with Crippen LogP contribution < -0.4 is 15.8 Å². The van der Waals surface area contributed by atoms with Gasteiger partial charge in [0.25, 0.3) is 11.9 Å². The number of carbonyl (C=O) groups excluding carboxylic acids is 1. The molecule has 33 heavy (non-hydrogen) atoms. The van der Waals surface area contributed by atoms with Gasteiger partial charge in [-0.05, 0) is 18.2 Å². The molecule has 0 spiro atoms. The smallest absolute Gasteiger partial charge is 0.425 e. The first kappa shape index (κ1) is 23.7. The third-order valence-corrected chi connectivity index (χ3v) is 4.59. The number of hydrogen-bond acceptors (Lipinski definition) is 7. The molecule has 1 aliphatic heterocycles. The molecule has 13 heteroatoms. The summed E-state index contributed by atoms with van der Waals surface area (Å²) in [6.45, 7) is -1.55. The molecule has 1 aliphatic rings. The second kappa shape index (κ2) is 9.27. The Balaban J connectivity index is 1.88. The van der Waals surface area contributed by atoms with Crippen molar-refractivity contribution >= 4 is 17.6 Å². The number of nitrogens with one attached hydrogen (secondary N) is 1. The number of anilines is 1. The Morgan fingerprint density at radius 2 is 2.12 bits per heavy atom. The lowest BCUT2D eigenvalue weighted by atomic mass is 9.84. The molecule has 0 saturated heterocycles. The maximum absolute atomic E-state index is 14.6. The van der Waals surface area contributed by atoms with E-state index in [1.165, 1.54) is 0 Å². The van der Waals surface area contributed by atoms with Crippen molar-refractivity contribution in [1.82, 2.24) is 9.97 Å². The Kier molecular flexibility index (Phi) is 6.66. The van der Waals surface area contributed by atoms with Crippen LogP contribution >= 0.6 is 0 Å². The van der Waals surface area contributed by atoms with E-state index in [2.05, 4.69) is 30.9 Å². The number of ether oxygens (including phenoxy) is 2. The van der Waals surface area contributed by atoms with Crippen LogP contribution in [0.5, 0.6) is 5.88 Å². The Morgan fingerprint density at radius 1 is 1.36 bits per heavy atom. The van der Waals surface area contributed by atoms with Gasteiger partial charge in [0.15, 0.2) is 12.7 Å². The van der Waals surface area contributed by atoms with E-state index in [0.29, 0.717) is 0 Å². The average Bonchev–Trinajstić information content (AvgIpc) is 2.78. The SMILES string of the molecule is C#CCOc1cnc(C(=O)Nc2ccc(F)c(C3(CF)CC(C(F)(F)F)OC(N)=N3)c2)cn1. The lowest BCUT2D eigenvalue weighted by molar-refractivity contribution is -0.209. The van der Waals surface area contributed by atoms with Crippen LogP contribution in [0.1, 0.15) is 22.5 Å². The van der Waals surface area contributed by atoms with Crippen molar-refractivity contribution in [2.45, 2.75) is 24.2 Å². The molecule has 8 nitrogen and oxygen atoms in total. The molecule has 1 amide bonds. The van der Waals surface area contributed by atoms with E-state index < -0.39 is 54.2 Å². The Bertz CT molecular complexity index is 1100. The number of nitrogens with zero attached hydrogens (tertiary/aromatic N) is 3. The summed E-state index contributed by atoms with van der Waals surface area (Å²) in [5.74, 6) is 0.489. The molecule has 0 bridgehead atoms. The summed E-state index contributed by atoms with van der Waals surface area (Å²) >= 11 is 0. The van der Waals surface area contributed by atoms with Crippen molar-refractivity contribution in [3.8, 4) is 18.2 Å². The largest absolute Gasteiger partial charge is 0.463 e. The maximum atomic E-state index is 14.6. The molecule has 3 rings (SSSR count). The molecule has 2 atom stereocenters. The number of nitrogens with two attached hydrogens (primary N) is 1. The van der Waals surface area contributed by atoms with Gasteiger partial charge in [-0.2, -0.15) is 13.2 Å². The van der Waals surface area contributed by atoms with Gasteiger partial charge < -0.3 is 20.5 Å². The number of alkyl halides is 4. The molecule has 0 fully saturated rings. The monoisotopic (exact) mass is 469 g/mol. The predicted molar refractivity (Wildman–Crippen MR) is 106 cm³/mol. The van der Waals surface area contributed by atoms with Gasteiger partial charge in [0, 0.05) is 17.7 Å². The number of aliphatic imine (C=N–C) groups is 1. The topological polar surface area (TPSA) is 112 Å². The molecule has 0 aliphatic carbocycles. The van der Waals surface area contributed by atoms with Crippen molar-refractivity contribution in [1.29, 1.82) is 0 Å². The van der Waals surface area contributed by atoms with E-state index >= 15 is 0 Å². The van der Waals surface area contributed by atoms with Gasteiger partial charge in [0.05, 0.1) is 12.4 Å². The third-order valence-electron chi connectivity index (χ3n) is 4.59. The quantitative estimate of drug-likeness (QED) is 0.497. The fraction of sp³-hybridized carbons (Fsp3) is 0.300. The zero-order valence-corrected chi connectivity index (χ0v) is 16.7. The van der Waals surface area contributed by atoms with Crippen molar-refractivity contribution < 1.29 is 36.2 Å². The number of terminal acetylenes is 1. The first-order valence-electron chi connectivity index (χ1n) is 9.22. The van der Waals surface area contributed by atoms with E-state index in [0.717, 1.165) is 30.6 Å². The Hall–Kier alpha value is -3.95. The van der Waals surface area contributed by atoms with Crippen molar-refractivity contribution in [3.63, 3.8) is 0 Å². The van der Waals surface area contributed by atoms with Gasteiger partial charge in [-0.15, -0.1) is 6.42 Å². The lowest BCUT2D eigenvalue weighted by Gasteiger charge is -2.36. The molecular weight excluding hydrogens is 453 g/mol. The molecule has 2 unspecified atom stereocenters. The van der Waals surface area contributed by atoms with E-state index in [1.807, 2.05) is 0 Å². The highest BCUT2D eigenvalue weighted by Gasteiger charge is 2.52. The average molecular weight is 469 g/mol. The summed E-state index contributed by atoms with van der Waals surface area (Å²) in [5, 5.41) is 2.38. The molecule has 0 radical (unpaired) electrons. The molecule has 174 valence electrons. The minimum Gasteiger partial charge on any atom is -0.463 e. The lowest BCUT2D eigenvalue weighted by Crippen LogP contribution is -2.48. The Morgan fingerprint density at radius 3 is 2.73 bits per heavy atom. The number of hydrogen-bond donors (Lipinski definition) is 2. The number of benzene rings is 1. The van der Waals surface area contributed by atoms with Crippen molar-refractivity contribution in [2.75, 3.05) is 18.6 Å². The summed E-state index contributed by atoms with van der Waals surface area (Å²) < 4.78 is 77.7. The number of carbonyl (C=O) groups is 1. The van der Waals surface area contributed by atoms with E-state index in [1.54, 1.807) is 0 Å². The number of amides is 1. The van der Waals surface area contributed by atoms with Gasteiger partial charge in [0.1, 0.15) is 23.7 Å². The third kappa shape index (κ3) is 5.28. The zero-order chi connectivity index (χ0) is 24.2. The minimum absolute atomic E-state index is 0.0532. The summed E-state index contributed by atoms with van der Waals surface area (Å²) in [7, 11) is 0. The van der Waals surface area contributed by atoms with Crippen LogP contribution in [0.25, 0.3) is 0 Å². The van der Waals surface area contributed by atoms with E-state index in [9.17, 15) is 26.7 Å². The summed E-state index contributed by atoms with van der Waals surface area (Å²) in [6, 6.07) is 2.03. The first-order chi connectivity index (χ1) is 15.6. The summed E-state index contributed by atoms with van der Waals surface area (Å²) in [6.07, 6.45) is -1.13. The van der Waals surface area contributed by atoms with Crippen LogP contribution in [0.15, 0.2) is 35.6 Å². The number of rotatable bonds is 6. The van der Waals surface area contributed by atoms with E-state index in [4.69, 9.17) is 16.9 Å². The number of aromatic nitrogens is 2. The number of amidine groups is 1. The second-order valence-corrected chi connectivity index (χ2v) is 6.85. The predicted octanol–water partition coefficient (Wildman–Crippen LogP) is 2.71. The molecule has 2 heterocycles. The highest BCUT2D eigenvalue weighted by molar-refractivity contribution is 6.02. The summed E-state index contributed by atoms with van der Waals surface area (Å²) in [5.41, 5.74) is 2.29. The standard InChI is InChI=1S/C20H16F5N5O3/c1-2-5-32-16-9-27-14(8-28-16)17(31)29-11-3-4-13(22)12(6-11)19(10-21)7-15(20(23,24)25)33-18(26)30-19/h1,3-4,6,8-9,15H,5,7,10H2,(H2,26,30)(H,29,31). The normalized spacial score (nSPS) is 20.2. The molecule has 1 aromatic heterocycles. The maximum Gasteiger partial charge on any atom is 0.425 e. The van der Waals surface area contributed by atoms with Crippen LogP contribution in [0.3, 0.4) is 0 Å². The molecule has 0 saturated carbocycles. The fourth-order valence-electron chi connectivity index (χ4n) is 3.06. The molecule has 3 N–H and O–H groups in total. The van der Waals surface area contributed by atoms with Gasteiger partial charge in [-0.25, -0.2) is 23.7 Å². The van der Waals surface area contributed by atoms with Crippen LogP contribution in [0.4, 0.5) is 27.6 Å². The van der Waals surface area contributed by atoms with E-state index in [-0.39, 0.29) is 23.9 Å². The van der Waals surface area contributed by atoms with Gasteiger partial charge in [0.2, 0.25) is 5.88 Å². The van der Waals surface area contributed by atoms with Crippen LogP contribution in [0.2, 0.25) is 0 Å². The molecular formula is C20H16F5N5O3. The number of halogens is 5. The van der Waals surface area contributed by atoms with Gasteiger partial charge in [-0.1, -0.05) is 5.92 Å². The molecule has 1 aromatic carbocycles. The van der Waals surface area contributed by atoms with Crippen molar-refractivity contribution in [3.05, 3.63) is 47.7 Å². The van der Waals surface area contributed by atoms with Crippen LogP contribution in [-0.4, -0.2) is 47.5 Å². The highest BCUT2D eigenvalue weighted by atomic mass is 19.4. The Labute approximate surface area is 184 Å². The summed E-state index contributed by atoms with van der Waals surface area (Å²) in [4.78, 5) is 23.8. The second-order valence-electron chi connectivity index (χ2n) is 6.85. The fourth-order valence-corrected chi connectivity index (χ4v) is 3.06. The van der Waals surface area contributed by atoms with Crippen LogP contribution in [0, 0.1) is 18.2 Å². The minimum atomic E-state index is -4.89. The molecule has 2 aromatic rings. The zero-order valence-electron chi connectivity index (χ0n) is 16.7. The van der Waals surface area contributed by atoms with Gasteiger partial charge >= 0.3 is 6.18 Å². The first-order valence-corrected chi connectivity index (χ1v) is 9.22. The highest BCUT2D eigenvalue weighted by Crippen LogP contribution is 2.42. The van der Waals surface area contributed by atoms with Crippen molar-refractivity contribution in [2.24, 2.45) is 10.7 Å². The van der Waals surface area contributed by atoms with Crippen LogP contribution in [-0.2, 0) is 10.3 Å².